The average molecular weight is 533 g/mol. The minimum absolute atomic E-state index is 0.117. The topological polar surface area (TPSA) is 138 Å². The molecule has 10 nitrogen and oxygen atoms in total. The Kier molecular flexibility index (Phi) is 6.52. The predicted molar refractivity (Wildman–Crippen MR) is 139 cm³/mol. The Balaban J connectivity index is 1.46. The summed E-state index contributed by atoms with van der Waals surface area (Å²) in [6, 6.07) is 9.88. The zero-order chi connectivity index (χ0) is 27.8. The normalized spacial score (nSPS) is 11.3. The van der Waals surface area contributed by atoms with Gasteiger partial charge in [0, 0.05) is 30.9 Å². The van der Waals surface area contributed by atoms with Crippen LogP contribution in [0.15, 0.2) is 70.5 Å². The fraction of sp³-hybridized carbons (Fsp3) is 0.148. The second-order valence-electron chi connectivity index (χ2n) is 9.06. The van der Waals surface area contributed by atoms with Crippen LogP contribution in [0.3, 0.4) is 0 Å². The molecule has 198 valence electrons. The maximum atomic E-state index is 15.0. The highest BCUT2D eigenvalue weighted by Gasteiger charge is 2.21. The number of hydrogen-bond donors (Lipinski definition) is 2. The van der Waals surface area contributed by atoms with Crippen molar-refractivity contribution in [3.05, 3.63) is 105 Å². The molecule has 3 heterocycles. The van der Waals surface area contributed by atoms with Gasteiger partial charge < -0.3 is 10.5 Å². The zero-order valence-corrected chi connectivity index (χ0v) is 20.8. The summed E-state index contributed by atoms with van der Waals surface area (Å²) in [6.45, 7) is 3.44. The van der Waals surface area contributed by atoms with Crippen LogP contribution in [0.25, 0.3) is 16.7 Å². The van der Waals surface area contributed by atoms with Crippen molar-refractivity contribution in [1.29, 1.82) is 0 Å². The number of nitrogens with one attached hydrogen (secondary N) is 1. The molecule has 0 radical (unpaired) electrons. The van der Waals surface area contributed by atoms with Gasteiger partial charge in [0.25, 0.3) is 5.56 Å². The van der Waals surface area contributed by atoms with Crippen molar-refractivity contribution in [2.45, 2.75) is 26.3 Å². The van der Waals surface area contributed by atoms with Gasteiger partial charge >= 0.3 is 5.69 Å². The number of aromatic amines is 1. The van der Waals surface area contributed by atoms with E-state index in [0.29, 0.717) is 11.0 Å². The van der Waals surface area contributed by atoms with Crippen LogP contribution in [0.5, 0.6) is 11.5 Å². The summed E-state index contributed by atoms with van der Waals surface area (Å²) in [4.78, 5) is 43.5. The summed E-state index contributed by atoms with van der Waals surface area (Å²) >= 11 is 0. The lowest BCUT2D eigenvalue weighted by molar-refractivity contribution is 0.0990. The summed E-state index contributed by atoms with van der Waals surface area (Å²) in [6.07, 6.45) is 2.33. The molecule has 0 unspecified atom stereocenters. The minimum Gasteiger partial charge on any atom is -0.453 e. The third-order valence-corrected chi connectivity index (χ3v) is 6.08. The van der Waals surface area contributed by atoms with Crippen LogP contribution in [0.4, 0.5) is 14.6 Å². The molecule has 0 bridgehead atoms. The molecule has 0 saturated heterocycles. The number of rotatable bonds is 7. The van der Waals surface area contributed by atoms with Crippen molar-refractivity contribution < 1.29 is 18.3 Å². The van der Waals surface area contributed by atoms with Gasteiger partial charge in [-0.1, -0.05) is 6.07 Å². The van der Waals surface area contributed by atoms with Gasteiger partial charge in [0.1, 0.15) is 28.3 Å². The quantitative estimate of drug-likeness (QED) is 0.303. The number of benzene rings is 2. The van der Waals surface area contributed by atoms with Crippen molar-refractivity contribution in [3.8, 4) is 17.2 Å². The maximum Gasteiger partial charge on any atom is 0.335 e. The number of nitrogen functional groups attached to an aromatic ring is 1. The van der Waals surface area contributed by atoms with Crippen LogP contribution in [0, 0.1) is 11.6 Å². The highest BCUT2D eigenvalue weighted by molar-refractivity contribution is 5.97. The molecule has 12 heteroatoms. The first kappa shape index (κ1) is 25.5. The molecule has 0 fully saturated rings. The summed E-state index contributed by atoms with van der Waals surface area (Å²) in [5, 5.41) is 6.92. The summed E-state index contributed by atoms with van der Waals surface area (Å²) in [5.41, 5.74) is 4.79. The van der Waals surface area contributed by atoms with Crippen LogP contribution in [0.1, 0.15) is 35.8 Å². The van der Waals surface area contributed by atoms with E-state index in [-0.39, 0.29) is 46.6 Å². The number of carbonyl (C=O) groups excluding carboxylic acids is 1. The van der Waals surface area contributed by atoms with E-state index in [1.54, 1.807) is 13.8 Å². The Morgan fingerprint density at radius 1 is 1.08 bits per heavy atom. The highest BCUT2D eigenvalue weighted by Crippen LogP contribution is 2.32. The Bertz CT molecular complexity index is 1840. The molecule has 0 amide bonds. The Hall–Kier alpha value is -5.13. The Morgan fingerprint density at radius 3 is 2.51 bits per heavy atom. The lowest BCUT2D eigenvalue weighted by atomic mass is 10.0. The van der Waals surface area contributed by atoms with Crippen LogP contribution in [-0.2, 0) is 6.42 Å². The van der Waals surface area contributed by atoms with E-state index in [2.05, 4.69) is 15.2 Å². The molecule has 2 aromatic carbocycles. The van der Waals surface area contributed by atoms with Crippen molar-refractivity contribution in [2.24, 2.45) is 0 Å². The third-order valence-electron chi connectivity index (χ3n) is 6.08. The summed E-state index contributed by atoms with van der Waals surface area (Å²) in [5.74, 6) is -1.58. The molecular formula is C27H22F2N6O4. The predicted octanol–water partition coefficient (Wildman–Crippen LogP) is 3.93. The Morgan fingerprint density at radius 2 is 1.82 bits per heavy atom. The molecule has 3 N–H and O–H groups in total. The van der Waals surface area contributed by atoms with Gasteiger partial charge in [-0.05, 0) is 55.8 Å². The number of carbonyl (C=O) groups is 1. The third kappa shape index (κ3) is 4.79. The van der Waals surface area contributed by atoms with E-state index in [1.807, 2.05) is 0 Å². The number of ether oxygens (including phenoxy) is 1. The second-order valence-corrected chi connectivity index (χ2v) is 9.06. The first-order valence-corrected chi connectivity index (χ1v) is 11.9. The van der Waals surface area contributed by atoms with Gasteiger partial charge in [0.15, 0.2) is 23.0 Å². The average Bonchev–Trinajstić information content (AvgIpc) is 3.28. The molecule has 0 aliphatic carbocycles. The number of nitrogens with zero attached hydrogens (tertiary/aromatic N) is 4. The SMILES string of the molecule is CC(C)n1cc(C(=O)Cc2ccc(Oc3ccnc4n[nH]c(N)c34)c(F)c2)c(=O)n(-c2ccc(F)cc2)c1=O. The molecule has 5 rings (SSSR count). The van der Waals surface area contributed by atoms with Gasteiger partial charge in [-0.2, -0.15) is 5.10 Å². The number of halogens is 2. The number of pyridine rings is 1. The maximum absolute atomic E-state index is 15.0. The molecule has 0 spiro atoms. The monoisotopic (exact) mass is 532 g/mol. The van der Waals surface area contributed by atoms with Crippen LogP contribution in [0.2, 0.25) is 0 Å². The molecule has 0 aliphatic rings. The first-order valence-electron chi connectivity index (χ1n) is 11.9. The first-order chi connectivity index (χ1) is 18.6. The number of nitrogens with two attached hydrogens (primary N) is 1. The minimum atomic E-state index is -0.853. The number of fused-ring (bicyclic) bond motifs is 1. The number of H-pyrrole nitrogens is 1. The fourth-order valence-electron chi connectivity index (χ4n) is 4.11. The molecule has 39 heavy (non-hydrogen) atoms. The van der Waals surface area contributed by atoms with Gasteiger partial charge in [-0.3, -0.25) is 19.3 Å². The molecular weight excluding hydrogens is 510 g/mol. The lowest BCUT2D eigenvalue weighted by Gasteiger charge is -2.15. The smallest absolute Gasteiger partial charge is 0.335 e. The molecule has 0 aliphatic heterocycles. The van der Waals surface area contributed by atoms with Crippen molar-refractivity contribution in [2.75, 3.05) is 5.73 Å². The summed E-state index contributed by atoms with van der Waals surface area (Å²) in [7, 11) is 0. The second kappa shape index (κ2) is 9.97. The molecule has 5 aromatic rings. The van der Waals surface area contributed by atoms with E-state index in [4.69, 9.17) is 10.5 Å². The van der Waals surface area contributed by atoms with Gasteiger partial charge in [-0.25, -0.2) is 23.1 Å². The Labute approximate surface area is 219 Å². The van der Waals surface area contributed by atoms with E-state index in [1.165, 1.54) is 47.3 Å². The van der Waals surface area contributed by atoms with E-state index >= 15 is 0 Å². The van der Waals surface area contributed by atoms with Gasteiger partial charge in [0.2, 0.25) is 0 Å². The summed E-state index contributed by atoms with van der Waals surface area (Å²) < 4.78 is 36.2. The fourth-order valence-corrected chi connectivity index (χ4v) is 4.11. The molecule has 3 aromatic heterocycles. The molecule has 0 saturated carbocycles. The van der Waals surface area contributed by atoms with Crippen molar-refractivity contribution in [1.82, 2.24) is 24.3 Å². The van der Waals surface area contributed by atoms with Crippen molar-refractivity contribution in [3.63, 3.8) is 0 Å². The molecule has 0 atom stereocenters. The number of ketones is 1. The van der Waals surface area contributed by atoms with Crippen molar-refractivity contribution >= 4 is 22.6 Å². The number of Topliss-reactive ketones (excluding diaryl/α,β-unsaturated/α-hetero) is 1. The largest absolute Gasteiger partial charge is 0.453 e. The van der Waals surface area contributed by atoms with Crippen LogP contribution in [-0.4, -0.2) is 30.1 Å². The van der Waals surface area contributed by atoms with Gasteiger partial charge in [0.05, 0.1) is 5.69 Å². The van der Waals surface area contributed by atoms with E-state index in [9.17, 15) is 23.2 Å². The van der Waals surface area contributed by atoms with Crippen LogP contribution < -0.4 is 21.7 Å². The number of hydrogen-bond acceptors (Lipinski definition) is 7. The number of aromatic nitrogens is 5. The standard InChI is InChI=1S/C27H22F2N6O4/c1-14(2)34-13-18(26(37)35(27(34)38)17-6-4-16(28)5-7-17)20(36)12-15-3-8-21(19(29)11-15)39-22-9-10-31-25-23(22)24(30)32-33-25/h3-11,13-14H,12H2,1-2H3,(H3,30,31,32,33). The highest BCUT2D eigenvalue weighted by atomic mass is 19.1. The zero-order valence-electron chi connectivity index (χ0n) is 20.8. The van der Waals surface area contributed by atoms with E-state index in [0.717, 1.165) is 22.8 Å². The number of anilines is 1. The van der Waals surface area contributed by atoms with E-state index < -0.39 is 28.7 Å². The lowest BCUT2D eigenvalue weighted by Crippen LogP contribution is -2.42. The van der Waals surface area contributed by atoms with Gasteiger partial charge in [-0.15, -0.1) is 0 Å². The van der Waals surface area contributed by atoms with Crippen LogP contribution >= 0.6 is 0 Å².